The third-order valence-corrected chi connectivity index (χ3v) is 1.72. The summed E-state index contributed by atoms with van der Waals surface area (Å²) in [6.45, 7) is 0. The Hall–Kier alpha value is -1.00. The van der Waals surface area contributed by atoms with Gasteiger partial charge in [0.15, 0.2) is 5.15 Å². The van der Waals surface area contributed by atoms with Crippen LogP contribution in [0, 0.1) is 0 Å². The van der Waals surface area contributed by atoms with E-state index in [-0.39, 0.29) is 10.4 Å². The molecule has 0 aliphatic heterocycles. The third-order valence-electron chi connectivity index (χ3n) is 1.29. The van der Waals surface area contributed by atoms with Gasteiger partial charge in [-0.05, 0) is 11.6 Å². The normalized spacial score (nSPS) is 10.5. The van der Waals surface area contributed by atoms with Crippen molar-refractivity contribution in [3.63, 3.8) is 0 Å². The Morgan fingerprint density at radius 1 is 1.17 bits per heavy atom. The first kappa shape index (κ1) is 7.64. The van der Waals surface area contributed by atoms with Gasteiger partial charge in [-0.15, -0.1) is 0 Å². The molecule has 0 bridgehead atoms. The molecule has 60 valence electrons. The van der Waals surface area contributed by atoms with Crippen molar-refractivity contribution < 1.29 is 0 Å². The molecular weight excluding hydrogens is 199 g/mol. The second-order valence-corrected chi connectivity index (χ2v) is 2.74. The average Bonchev–Trinajstić information content (AvgIpc) is 2.04. The van der Waals surface area contributed by atoms with Gasteiger partial charge in [0.1, 0.15) is 17.4 Å². The fraction of sp³-hybridized carbons (Fsp3) is 0. The minimum atomic E-state index is 0.0994. The van der Waals surface area contributed by atoms with Crippen LogP contribution in [-0.2, 0) is 0 Å². The van der Waals surface area contributed by atoms with Crippen LogP contribution < -0.4 is 0 Å². The smallest absolute Gasteiger partial charge is 0.224 e. The van der Waals surface area contributed by atoms with E-state index in [1.165, 1.54) is 12.5 Å². The molecule has 0 unspecified atom stereocenters. The molecule has 0 saturated heterocycles. The van der Waals surface area contributed by atoms with Gasteiger partial charge in [-0.25, -0.2) is 19.9 Å². The van der Waals surface area contributed by atoms with Crippen LogP contribution >= 0.6 is 23.2 Å². The second kappa shape index (κ2) is 2.80. The number of hydrogen-bond donors (Lipinski definition) is 0. The van der Waals surface area contributed by atoms with Crippen LogP contribution in [0.25, 0.3) is 11.0 Å². The number of fused-ring (bicyclic) bond motifs is 1. The molecule has 0 atom stereocenters. The molecule has 2 heterocycles. The monoisotopic (exact) mass is 200 g/mol. The van der Waals surface area contributed by atoms with Gasteiger partial charge >= 0.3 is 0 Å². The van der Waals surface area contributed by atoms with Crippen molar-refractivity contribution in [2.24, 2.45) is 0 Å². The lowest BCUT2D eigenvalue weighted by Crippen LogP contribution is -1.89. The molecule has 2 aromatic heterocycles. The Bertz CT molecular complexity index is 431. The van der Waals surface area contributed by atoms with Gasteiger partial charge in [0, 0.05) is 0 Å². The Morgan fingerprint density at radius 2 is 2.00 bits per heavy atom. The van der Waals surface area contributed by atoms with Crippen molar-refractivity contribution in [2.45, 2.75) is 0 Å². The molecule has 0 saturated carbocycles. The van der Waals surface area contributed by atoms with E-state index >= 15 is 0 Å². The van der Waals surface area contributed by atoms with E-state index in [9.17, 15) is 0 Å². The maximum Gasteiger partial charge on any atom is 0.224 e. The van der Waals surface area contributed by atoms with E-state index in [2.05, 4.69) is 19.9 Å². The molecule has 6 heteroatoms. The minimum Gasteiger partial charge on any atom is -0.243 e. The second-order valence-electron chi connectivity index (χ2n) is 2.04. The molecule has 2 aromatic rings. The van der Waals surface area contributed by atoms with Crippen molar-refractivity contribution in [2.75, 3.05) is 0 Å². The molecule has 0 aromatic carbocycles. The zero-order valence-electron chi connectivity index (χ0n) is 5.70. The molecule has 12 heavy (non-hydrogen) atoms. The van der Waals surface area contributed by atoms with Crippen molar-refractivity contribution in [1.82, 2.24) is 19.9 Å². The lowest BCUT2D eigenvalue weighted by molar-refractivity contribution is 1.15. The number of halogens is 2. The molecule has 0 radical (unpaired) electrons. The molecule has 2 rings (SSSR count). The summed E-state index contributed by atoms with van der Waals surface area (Å²) in [5.41, 5.74) is 1.05. The molecule has 0 amide bonds. The van der Waals surface area contributed by atoms with Crippen LogP contribution in [0.5, 0.6) is 0 Å². The van der Waals surface area contributed by atoms with Crippen molar-refractivity contribution >= 4 is 34.2 Å². The van der Waals surface area contributed by atoms with E-state index in [1.54, 1.807) is 0 Å². The summed E-state index contributed by atoms with van der Waals surface area (Å²) >= 11 is 11.3. The molecule has 0 N–H and O–H groups in total. The fourth-order valence-corrected chi connectivity index (χ4v) is 1.27. The maximum absolute atomic E-state index is 5.74. The van der Waals surface area contributed by atoms with Crippen molar-refractivity contribution in [3.8, 4) is 0 Å². The van der Waals surface area contributed by atoms with E-state index in [0.717, 1.165) is 0 Å². The Balaban J connectivity index is 2.89. The number of hydrogen-bond acceptors (Lipinski definition) is 4. The molecular formula is C6H2Cl2N4. The molecule has 0 aliphatic carbocycles. The van der Waals surface area contributed by atoms with Gasteiger partial charge in [-0.2, -0.15) is 0 Å². The summed E-state index contributed by atoms with van der Waals surface area (Å²) in [7, 11) is 0. The van der Waals surface area contributed by atoms with Crippen molar-refractivity contribution in [1.29, 1.82) is 0 Å². The highest BCUT2D eigenvalue weighted by molar-refractivity contribution is 6.35. The Labute approximate surface area is 77.6 Å². The Morgan fingerprint density at radius 3 is 2.83 bits per heavy atom. The first-order valence-electron chi connectivity index (χ1n) is 3.06. The summed E-state index contributed by atoms with van der Waals surface area (Å²) in [6, 6.07) is 0. The van der Waals surface area contributed by atoms with Crippen LogP contribution in [0.1, 0.15) is 0 Å². The standard InChI is InChI=1S/C6H2Cl2N4/c7-5-4-3(1-9-2-10-4)11-6(8)12-5/h1-2H. The van der Waals surface area contributed by atoms with Crippen LogP contribution in [0.2, 0.25) is 10.4 Å². The van der Waals surface area contributed by atoms with Crippen LogP contribution in [0.3, 0.4) is 0 Å². The SMILES string of the molecule is Clc1nc(Cl)c2ncncc2n1. The molecule has 0 spiro atoms. The van der Waals surface area contributed by atoms with Crippen molar-refractivity contribution in [3.05, 3.63) is 23.0 Å². The average molecular weight is 201 g/mol. The zero-order chi connectivity index (χ0) is 8.55. The summed E-state index contributed by atoms with van der Waals surface area (Å²) in [4.78, 5) is 15.3. The van der Waals surface area contributed by atoms with Crippen LogP contribution in [-0.4, -0.2) is 19.9 Å². The highest BCUT2D eigenvalue weighted by atomic mass is 35.5. The molecule has 0 aliphatic rings. The topological polar surface area (TPSA) is 51.6 Å². The lowest BCUT2D eigenvalue weighted by atomic mass is 10.4. The van der Waals surface area contributed by atoms with Gasteiger partial charge in [0.2, 0.25) is 5.28 Å². The highest BCUT2D eigenvalue weighted by Crippen LogP contribution is 2.17. The third kappa shape index (κ3) is 1.19. The van der Waals surface area contributed by atoms with Gasteiger partial charge in [-0.3, -0.25) is 0 Å². The summed E-state index contributed by atoms with van der Waals surface area (Å²) < 4.78 is 0. The van der Waals surface area contributed by atoms with E-state index in [4.69, 9.17) is 23.2 Å². The first-order valence-corrected chi connectivity index (χ1v) is 3.82. The van der Waals surface area contributed by atoms with Crippen LogP contribution in [0.15, 0.2) is 12.5 Å². The summed E-state index contributed by atoms with van der Waals surface area (Å²) in [5.74, 6) is 0. The lowest BCUT2D eigenvalue weighted by Gasteiger charge is -1.96. The largest absolute Gasteiger partial charge is 0.243 e. The predicted molar refractivity (Wildman–Crippen MR) is 45.1 cm³/mol. The Kier molecular flexibility index (Phi) is 1.78. The maximum atomic E-state index is 5.74. The first-order chi connectivity index (χ1) is 5.77. The predicted octanol–water partition coefficient (Wildman–Crippen LogP) is 1.73. The number of rotatable bonds is 0. The quantitative estimate of drug-likeness (QED) is 0.481. The van der Waals surface area contributed by atoms with Gasteiger partial charge in [-0.1, -0.05) is 11.6 Å². The highest BCUT2D eigenvalue weighted by Gasteiger charge is 2.04. The van der Waals surface area contributed by atoms with E-state index < -0.39 is 0 Å². The van der Waals surface area contributed by atoms with Gasteiger partial charge in [0.05, 0.1) is 6.20 Å². The van der Waals surface area contributed by atoms with E-state index in [1.807, 2.05) is 0 Å². The van der Waals surface area contributed by atoms with Gasteiger partial charge in [0.25, 0.3) is 0 Å². The summed E-state index contributed by atoms with van der Waals surface area (Å²) in [6.07, 6.45) is 2.91. The van der Waals surface area contributed by atoms with Crippen LogP contribution in [0.4, 0.5) is 0 Å². The molecule has 4 nitrogen and oxygen atoms in total. The summed E-state index contributed by atoms with van der Waals surface area (Å²) in [5, 5.41) is 0.342. The minimum absolute atomic E-state index is 0.0994. The number of aromatic nitrogens is 4. The van der Waals surface area contributed by atoms with Gasteiger partial charge < -0.3 is 0 Å². The van der Waals surface area contributed by atoms with E-state index in [0.29, 0.717) is 11.0 Å². The zero-order valence-corrected chi connectivity index (χ0v) is 7.21. The molecule has 0 fully saturated rings. The fourth-order valence-electron chi connectivity index (χ4n) is 0.821. The number of nitrogens with zero attached hydrogens (tertiary/aromatic N) is 4.